The van der Waals surface area contributed by atoms with E-state index in [1.165, 1.54) is 10.9 Å². The maximum Gasteiger partial charge on any atom is 0.0824 e. The summed E-state index contributed by atoms with van der Waals surface area (Å²) in [6.45, 7) is 4.14. The molecule has 3 rings (SSSR count). The van der Waals surface area contributed by atoms with Crippen LogP contribution >= 0.6 is 0 Å². The minimum absolute atomic E-state index is 0.169. The number of para-hydroxylation sites is 1. The van der Waals surface area contributed by atoms with Crippen molar-refractivity contribution in [2.45, 2.75) is 12.6 Å². The number of benzene rings is 1. The lowest BCUT2D eigenvalue weighted by molar-refractivity contribution is -0.0260. The number of aromatic nitrogens is 1. The maximum atomic E-state index is 5.67. The van der Waals surface area contributed by atoms with Crippen LogP contribution in [-0.4, -0.2) is 42.2 Å². The van der Waals surface area contributed by atoms with Gasteiger partial charge in [0.25, 0.3) is 0 Å². The van der Waals surface area contributed by atoms with E-state index in [0.717, 1.165) is 31.8 Å². The predicted molar refractivity (Wildman–Crippen MR) is 75.8 cm³/mol. The molecule has 0 saturated carbocycles. The fourth-order valence-corrected chi connectivity index (χ4v) is 2.53. The van der Waals surface area contributed by atoms with Gasteiger partial charge in [-0.3, -0.25) is 9.88 Å². The van der Waals surface area contributed by atoms with Crippen molar-refractivity contribution in [3.8, 4) is 0 Å². The normalized spacial score (nSPS) is 20.8. The lowest BCUT2D eigenvalue weighted by atomic mass is 10.1. The van der Waals surface area contributed by atoms with E-state index in [4.69, 9.17) is 10.5 Å². The second kappa shape index (κ2) is 5.65. The van der Waals surface area contributed by atoms with Crippen molar-refractivity contribution in [2.24, 2.45) is 5.73 Å². The van der Waals surface area contributed by atoms with Crippen LogP contribution in [0.15, 0.2) is 36.5 Å². The van der Waals surface area contributed by atoms with Gasteiger partial charge < -0.3 is 10.5 Å². The van der Waals surface area contributed by atoms with Crippen LogP contribution < -0.4 is 5.73 Å². The van der Waals surface area contributed by atoms with Gasteiger partial charge in [-0.2, -0.15) is 0 Å². The highest BCUT2D eigenvalue weighted by Gasteiger charge is 2.19. The molecule has 1 saturated heterocycles. The van der Waals surface area contributed by atoms with E-state index >= 15 is 0 Å². The molecule has 4 nitrogen and oxygen atoms in total. The number of pyridine rings is 1. The fourth-order valence-electron chi connectivity index (χ4n) is 2.53. The Hall–Kier alpha value is -1.49. The number of rotatable bonds is 3. The van der Waals surface area contributed by atoms with Crippen molar-refractivity contribution >= 4 is 10.9 Å². The molecule has 1 fully saturated rings. The molecule has 0 amide bonds. The summed E-state index contributed by atoms with van der Waals surface area (Å²) in [7, 11) is 0. The molecule has 19 heavy (non-hydrogen) atoms. The van der Waals surface area contributed by atoms with Crippen molar-refractivity contribution in [2.75, 3.05) is 26.2 Å². The lowest BCUT2D eigenvalue weighted by Gasteiger charge is -2.32. The van der Waals surface area contributed by atoms with E-state index in [1.807, 2.05) is 24.4 Å². The highest BCUT2D eigenvalue weighted by molar-refractivity contribution is 5.78. The van der Waals surface area contributed by atoms with E-state index in [9.17, 15) is 0 Å². The molecule has 0 bridgehead atoms. The molecule has 4 heteroatoms. The van der Waals surface area contributed by atoms with Gasteiger partial charge in [-0.05, 0) is 17.7 Å². The Morgan fingerprint density at radius 3 is 3.16 bits per heavy atom. The third kappa shape index (κ3) is 2.92. The van der Waals surface area contributed by atoms with E-state index in [1.54, 1.807) is 0 Å². The van der Waals surface area contributed by atoms with Gasteiger partial charge in [0.1, 0.15) is 0 Å². The van der Waals surface area contributed by atoms with E-state index in [-0.39, 0.29) is 6.10 Å². The first-order valence-electron chi connectivity index (χ1n) is 6.73. The average Bonchev–Trinajstić information content (AvgIpc) is 2.47. The Morgan fingerprint density at radius 1 is 1.37 bits per heavy atom. The number of nitrogens with two attached hydrogens (primary N) is 1. The van der Waals surface area contributed by atoms with Crippen LogP contribution in [0.25, 0.3) is 10.9 Å². The van der Waals surface area contributed by atoms with E-state index in [2.05, 4.69) is 22.0 Å². The number of morpholine rings is 1. The standard InChI is InChI=1S/C15H19N3O/c16-8-14-11-18(5-6-19-14)10-12-7-13-3-1-2-4-15(13)17-9-12/h1-4,7,9,14H,5-6,8,10-11,16H2. The summed E-state index contributed by atoms with van der Waals surface area (Å²) in [4.78, 5) is 6.88. The third-order valence-corrected chi connectivity index (χ3v) is 3.54. The largest absolute Gasteiger partial charge is 0.374 e. The summed E-state index contributed by atoms with van der Waals surface area (Å²) < 4.78 is 5.58. The van der Waals surface area contributed by atoms with Gasteiger partial charge in [-0.15, -0.1) is 0 Å². The van der Waals surface area contributed by atoms with Crippen LogP contribution in [0, 0.1) is 0 Å². The molecule has 1 aromatic carbocycles. The Labute approximate surface area is 113 Å². The number of fused-ring (bicyclic) bond motifs is 1. The van der Waals surface area contributed by atoms with E-state index < -0.39 is 0 Å². The average molecular weight is 257 g/mol. The Balaban J connectivity index is 1.74. The topological polar surface area (TPSA) is 51.4 Å². The molecule has 0 aliphatic carbocycles. The lowest BCUT2D eigenvalue weighted by Crippen LogP contribution is -2.45. The first-order valence-corrected chi connectivity index (χ1v) is 6.73. The number of hydrogen-bond donors (Lipinski definition) is 1. The van der Waals surface area contributed by atoms with Gasteiger partial charge in [-0.1, -0.05) is 18.2 Å². The van der Waals surface area contributed by atoms with Gasteiger partial charge in [0.2, 0.25) is 0 Å². The summed E-state index contributed by atoms with van der Waals surface area (Å²) in [5, 5.41) is 1.20. The Bertz CT molecular complexity index is 558. The molecule has 0 spiro atoms. The molecule has 1 aromatic heterocycles. The number of nitrogens with zero attached hydrogens (tertiary/aromatic N) is 2. The highest BCUT2D eigenvalue weighted by Crippen LogP contribution is 2.15. The fraction of sp³-hybridized carbons (Fsp3) is 0.400. The molecule has 1 unspecified atom stereocenters. The second-order valence-electron chi connectivity index (χ2n) is 5.00. The van der Waals surface area contributed by atoms with Crippen LogP contribution in [0.3, 0.4) is 0 Å². The van der Waals surface area contributed by atoms with Crippen molar-refractivity contribution in [3.05, 3.63) is 42.1 Å². The summed E-state index contributed by atoms with van der Waals surface area (Å²) in [6.07, 6.45) is 2.14. The van der Waals surface area contributed by atoms with Crippen molar-refractivity contribution in [1.29, 1.82) is 0 Å². The minimum atomic E-state index is 0.169. The number of ether oxygens (including phenoxy) is 1. The summed E-state index contributed by atoms with van der Waals surface area (Å²) in [5.41, 5.74) is 7.97. The third-order valence-electron chi connectivity index (χ3n) is 3.54. The van der Waals surface area contributed by atoms with Crippen LogP contribution in [0.5, 0.6) is 0 Å². The molecular weight excluding hydrogens is 238 g/mol. The minimum Gasteiger partial charge on any atom is -0.374 e. The van der Waals surface area contributed by atoms with Gasteiger partial charge in [0.05, 0.1) is 18.2 Å². The van der Waals surface area contributed by atoms with Crippen LogP contribution in [0.1, 0.15) is 5.56 Å². The maximum absolute atomic E-state index is 5.67. The van der Waals surface area contributed by atoms with Gasteiger partial charge >= 0.3 is 0 Å². The molecule has 1 aliphatic rings. The summed E-state index contributed by atoms with van der Waals surface area (Å²) in [5.74, 6) is 0. The van der Waals surface area contributed by atoms with Crippen molar-refractivity contribution in [3.63, 3.8) is 0 Å². The molecule has 1 aliphatic heterocycles. The van der Waals surface area contributed by atoms with Crippen LogP contribution in [0.4, 0.5) is 0 Å². The second-order valence-corrected chi connectivity index (χ2v) is 5.00. The van der Waals surface area contributed by atoms with E-state index in [0.29, 0.717) is 6.54 Å². The zero-order valence-corrected chi connectivity index (χ0v) is 11.0. The Kier molecular flexibility index (Phi) is 3.73. The molecule has 1 atom stereocenters. The molecule has 2 aromatic rings. The van der Waals surface area contributed by atoms with Crippen molar-refractivity contribution < 1.29 is 4.74 Å². The number of hydrogen-bond acceptors (Lipinski definition) is 4. The molecule has 0 radical (unpaired) electrons. The summed E-state index contributed by atoms with van der Waals surface area (Å²) in [6, 6.07) is 10.4. The highest BCUT2D eigenvalue weighted by atomic mass is 16.5. The SMILES string of the molecule is NCC1CN(Cc2cnc3ccccc3c2)CCO1. The quantitative estimate of drug-likeness (QED) is 0.903. The molecule has 100 valence electrons. The Morgan fingerprint density at radius 2 is 2.26 bits per heavy atom. The van der Waals surface area contributed by atoms with Crippen molar-refractivity contribution in [1.82, 2.24) is 9.88 Å². The first kappa shape index (κ1) is 12.5. The first-order chi connectivity index (χ1) is 9.35. The summed E-state index contributed by atoms with van der Waals surface area (Å²) >= 11 is 0. The monoisotopic (exact) mass is 257 g/mol. The van der Waals surface area contributed by atoms with Crippen LogP contribution in [0.2, 0.25) is 0 Å². The zero-order chi connectivity index (χ0) is 13.1. The van der Waals surface area contributed by atoms with Gasteiger partial charge in [0, 0.05) is 37.8 Å². The smallest absolute Gasteiger partial charge is 0.0824 e. The van der Waals surface area contributed by atoms with Gasteiger partial charge in [-0.25, -0.2) is 0 Å². The zero-order valence-electron chi connectivity index (χ0n) is 11.0. The molecular formula is C15H19N3O. The molecule has 2 N–H and O–H groups in total. The molecule has 2 heterocycles. The van der Waals surface area contributed by atoms with Crippen LogP contribution in [-0.2, 0) is 11.3 Å². The van der Waals surface area contributed by atoms with Gasteiger partial charge in [0.15, 0.2) is 0 Å². The predicted octanol–water partition coefficient (Wildman–Crippen LogP) is 1.39.